The van der Waals surface area contributed by atoms with E-state index in [0.717, 1.165) is 0 Å². The number of nitrogens with one attached hydrogen (secondary N) is 1. The lowest BCUT2D eigenvalue weighted by atomic mass is 10.1. The third-order valence-electron chi connectivity index (χ3n) is 1.58. The standard InChI is InChI=1S/C8H15NO4S/c1-4-5-14(12,13)9-7(6(2)3)8(10)11/h4,6-7,9H,1,5H2,2-3H3,(H,10,11)/t7-/m0/s1. The first-order valence-corrected chi connectivity index (χ1v) is 5.79. The Hall–Kier alpha value is -0.880. The molecule has 6 heteroatoms. The molecule has 2 N–H and O–H groups in total. The lowest BCUT2D eigenvalue weighted by Crippen LogP contribution is -2.44. The number of carboxylic acid groups (broad SMARTS) is 1. The zero-order valence-corrected chi connectivity index (χ0v) is 9.04. The minimum Gasteiger partial charge on any atom is -0.480 e. The molecule has 0 radical (unpaired) electrons. The van der Waals surface area contributed by atoms with Gasteiger partial charge in [0, 0.05) is 0 Å². The van der Waals surface area contributed by atoms with Crippen molar-refractivity contribution < 1.29 is 18.3 Å². The maximum Gasteiger partial charge on any atom is 0.321 e. The SMILES string of the molecule is C=CCS(=O)(=O)N[C@H](C(=O)O)C(C)C. The van der Waals surface area contributed by atoms with Crippen molar-refractivity contribution in [3.05, 3.63) is 12.7 Å². The van der Waals surface area contributed by atoms with Crippen LogP contribution in [-0.2, 0) is 14.8 Å². The molecule has 5 nitrogen and oxygen atoms in total. The molecule has 0 rings (SSSR count). The van der Waals surface area contributed by atoms with E-state index in [4.69, 9.17) is 5.11 Å². The van der Waals surface area contributed by atoms with Crippen LogP contribution in [0.2, 0.25) is 0 Å². The Morgan fingerprint density at radius 2 is 2.07 bits per heavy atom. The lowest BCUT2D eigenvalue weighted by molar-refractivity contribution is -0.140. The molecule has 0 saturated carbocycles. The monoisotopic (exact) mass is 221 g/mol. The van der Waals surface area contributed by atoms with Crippen LogP contribution in [0.3, 0.4) is 0 Å². The molecule has 0 aliphatic carbocycles. The summed E-state index contributed by atoms with van der Waals surface area (Å²) >= 11 is 0. The van der Waals surface area contributed by atoms with Crippen molar-refractivity contribution in [3.63, 3.8) is 0 Å². The predicted octanol–water partition coefficient (Wildman–Crippen LogP) is 0.201. The van der Waals surface area contributed by atoms with Gasteiger partial charge in [-0.1, -0.05) is 19.9 Å². The maximum atomic E-state index is 11.2. The summed E-state index contributed by atoms with van der Waals surface area (Å²) in [7, 11) is -3.57. The summed E-state index contributed by atoms with van der Waals surface area (Å²) in [5.41, 5.74) is 0. The van der Waals surface area contributed by atoms with Crippen LogP contribution in [0.5, 0.6) is 0 Å². The maximum absolute atomic E-state index is 11.2. The van der Waals surface area contributed by atoms with Gasteiger partial charge in [-0.2, -0.15) is 0 Å². The largest absolute Gasteiger partial charge is 0.480 e. The van der Waals surface area contributed by atoms with E-state index in [0.29, 0.717) is 0 Å². The van der Waals surface area contributed by atoms with Crippen LogP contribution >= 0.6 is 0 Å². The van der Waals surface area contributed by atoms with Crippen molar-refractivity contribution in [2.45, 2.75) is 19.9 Å². The van der Waals surface area contributed by atoms with Gasteiger partial charge < -0.3 is 5.11 Å². The highest BCUT2D eigenvalue weighted by atomic mass is 32.2. The Bertz CT molecular complexity index is 307. The molecular weight excluding hydrogens is 206 g/mol. The van der Waals surface area contributed by atoms with E-state index >= 15 is 0 Å². The Morgan fingerprint density at radius 1 is 1.57 bits per heavy atom. The zero-order valence-electron chi connectivity index (χ0n) is 8.23. The van der Waals surface area contributed by atoms with Crippen molar-refractivity contribution >= 4 is 16.0 Å². The normalized spacial score (nSPS) is 13.9. The molecule has 0 aliphatic heterocycles. The van der Waals surface area contributed by atoms with Gasteiger partial charge in [0.2, 0.25) is 10.0 Å². The minimum atomic E-state index is -3.57. The van der Waals surface area contributed by atoms with Crippen LogP contribution in [0.4, 0.5) is 0 Å². The predicted molar refractivity (Wildman–Crippen MR) is 53.4 cm³/mol. The molecule has 0 fully saturated rings. The lowest BCUT2D eigenvalue weighted by Gasteiger charge is -2.17. The quantitative estimate of drug-likeness (QED) is 0.628. The molecule has 0 bridgehead atoms. The van der Waals surface area contributed by atoms with Gasteiger partial charge in [0.05, 0.1) is 5.75 Å². The third-order valence-corrected chi connectivity index (χ3v) is 2.86. The van der Waals surface area contributed by atoms with Crippen molar-refractivity contribution in [1.82, 2.24) is 4.72 Å². The number of carboxylic acids is 1. The van der Waals surface area contributed by atoms with Gasteiger partial charge in [0.1, 0.15) is 6.04 Å². The molecule has 0 saturated heterocycles. The molecule has 0 amide bonds. The molecule has 0 unspecified atom stereocenters. The van der Waals surface area contributed by atoms with E-state index in [-0.39, 0.29) is 11.7 Å². The van der Waals surface area contributed by atoms with E-state index < -0.39 is 22.0 Å². The molecule has 0 heterocycles. The summed E-state index contributed by atoms with van der Waals surface area (Å²) in [4.78, 5) is 10.7. The Labute approximate surface area is 83.9 Å². The first-order chi connectivity index (χ1) is 6.30. The smallest absolute Gasteiger partial charge is 0.321 e. The molecule has 0 aromatic rings. The molecular formula is C8H15NO4S. The average molecular weight is 221 g/mol. The molecule has 0 aromatic heterocycles. The fourth-order valence-electron chi connectivity index (χ4n) is 0.868. The summed E-state index contributed by atoms with van der Waals surface area (Å²) < 4.78 is 24.5. The molecule has 1 atom stereocenters. The molecule has 14 heavy (non-hydrogen) atoms. The van der Waals surface area contributed by atoms with Crippen molar-refractivity contribution in [2.75, 3.05) is 5.75 Å². The Kier molecular flexibility index (Phi) is 4.79. The van der Waals surface area contributed by atoms with Crippen molar-refractivity contribution in [2.24, 2.45) is 5.92 Å². The number of sulfonamides is 1. The second-order valence-corrected chi connectivity index (χ2v) is 5.05. The molecule has 82 valence electrons. The number of hydrogen-bond acceptors (Lipinski definition) is 3. The number of hydrogen-bond donors (Lipinski definition) is 2. The summed E-state index contributed by atoms with van der Waals surface area (Å²) in [6.07, 6.45) is 1.21. The third kappa shape index (κ3) is 4.38. The molecule has 0 aliphatic rings. The van der Waals surface area contributed by atoms with Gasteiger partial charge in [-0.15, -0.1) is 6.58 Å². The van der Waals surface area contributed by atoms with Crippen LogP contribution in [-0.4, -0.2) is 31.3 Å². The van der Waals surface area contributed by atoms with E-state index in [1.54, 1.807) is 13.8 Å². The highest BCUT2D eigenvalue weighted by Gasteiger charge is 2.25. The van der Waals surface area contributed by atoms with Crippen LogP contribution in [0.25, 0.3) is 0 Å². The van der Waals surface area contributed by atoms with Crippen LogP contribution in [0.1, 0.15) is 13.8 Å². The van der Waals surface area contributed by atoms with E-state index in [2.05, 4.69) is 11.3 Å². The summed E-state index contributed by atoms with van der Waals surface area (Å²) in [6.45, 7) is 6.54. The fraction of sp³-hybridized carbons (Fsp3) is 0.625. The van der Waals surface area contributed by atoms with Crippen LogP contribution in [0, 0.1) is 5.92 Å². The Balaban J connectivity index is 4.61. The van der Waals surface area contributed by atoms with Gasteiger partial charge in [-0.05, 0) is 5.92 Å². The summed E-state index contributed by atoms with van der Waals surface area (Å²) in [5, 5.41) is 8.72. The number of carbonyl (C=O) groups is 1. The fourth-order valence-corrected chi connectivity index (χ4v) is 2.03. The van der Waals surface area contributed by atoms with Crippen LogP contribution in [0.15, 0.2) is 12.7 Å². The van der Waals surface area contributed by atoms with Gasteiger partial charge >= 0.3 is 5.97 Å². The highest BCUT2D eigenvalue weighted by Crippen LogP contribution is 2.03. The highest BCUT2D eigenvalue weighted by molar-refractivity contribution is 7.89. The minimum absolute atomic E-state index is 0.274. The van der Waals surface area contributed by atoms with Gasteiger partial charge in [0.25, 0.3) is 0 Å². The molecule has 0 spiro atoms. The van der Waals surface area contributed by atoms with E-state index in [9.17, 15) is 13.2 Å². The first-order valence-electron chi connectivity index (χ1n) is 4.14. The number of aliphatic carboxylic acids is 1. The summed E-state index contributed by atoms with van der Waals surface area (Å²) in [5.74, 6) is -1.75. The van der Waals surface area contributed by atoms with Gasteiger partial charge in [-0.25, -0.2) is 13.1 Å². The molecule has 0 aromatic carbocycles. The first kappa shape index (κ1) is 13.1. The van der Waals surface area contributed by atoms with Crippen molar-refractivity contribution in [3.8, 4) is 0 Å². The summed E-state index contributed by atoms with van der Waals surface area (Å²) in [6, 6.07) is -1.08. The van der Waals surface area contributed by atoms with E-state index in [1.165, 1.54) is 6.08 Å². The van der Waals surface area contributed by atoms with Gasteiger partial charge in [0.15, 0.2) is 0 Å². The van der Waals surface area contributed by atoms with E-state index in [1.807, 2.05) is 0 Å². The Morgan fingerprint density at radius 3 is 2.36 bits per heavy atom. The van der Waals surface area contributed by atoms with Gasteiger partial charge in [-0.3, -0.25) is 4.79 Å². The van der Waals surface area contributed by atoms with Crippen molar-refractivity contribution in [1.29, 1.82) is 0 Å². The zero-order chi connectivity index (χ0) is 11.4. The second-order valence-electron chi connectivity index (χ2n) is 3.25. The topological polar surface area (TPSA) is 83.5 Å². The second kappa shape index (κ2) is 5.11. The number of rotatable bonds is 6. The van der Waals surface area contributed by atoms with Crippen LogP contribution < -0.4 is 4.72 Å². The average Bonchev–Trinajstić information content (AvgIpc) is 1.99.